The van der Waals surface area contributed by atoms with Gasteiger partial charge in [-0.3, -0.25) is 4.79 Å². The molecule has 0 fully saturated rings. The van der Waals surface area contributed by atoms with Gasteiger partial charge in [0.2, 0.25) is 5.91 Å². The summed E-state index contributed by atoms with van der Waals surface area (Å²) in [6.07, 6.45) is 0. The molecule has 0 aliphatic rings. The second-order valence-corrected chi connectivity index (χ2v) is 5.68. The molecule has 0 bridgehead atoms. The number of aliphatic imine (C=N–C) groups is 1. The number of nitrogens with one attached hydrogen (secondary N) is 3. The summed E-state index contributed by atoms with van der Waals surface area (Å²) in [7, 11) is 1.57. The first-order valence-corrected chi connectivity index (χ1v) is 8.97. The number of carbonyl (C=O) groups is 1. The molecular formula is C20H26FIN4O3. The summed E-state index contributed by atoms with van der Waals surface area (Å²) in [4.78, 5) is 16.3. The van der Waals surface area contributed by atoms with Crippen LogP contribution in [0, 0.1) is 5.82 Å². The molecule has 0 atom stereocenters. The van der Waals surface area contributed by atoms with Crippen LogP contribution in [0.4, 0.5) is 15.8 Å². The second-order valence-electron chi connectivity index (χ2n) is 5.68. The number of hydrogen-bond acceptors (Lipinski definition) is 4. The molecule has 2 aromatic rings. The highest BCUT2D eigenvalue weighted by Gasteiger charge is 2.08. The first-order chi connectivity index (χ1) is 13.5. The number of carbonyl (C=O) groups excluding carboxylic acids is 1. The lowest BCUT2D eigenvalue weighted by molar-refractivity contribution is -0.114. The maximum Gasteiger partial charge on any atom is 0.246 e. The summed E-state index contributed by atoms with van der Waals surface area (Å²) in [5.41, 5.74) is 1.11. The third kappa shape index (κ3) is 8.14. The summed E-state index contributed by atoms with van der Waals surface area (Å²) in [5, 5.41) is 8.78. The van der Waals surface area contributed by atoms with Gasteiger partial charge in [-0.1, -0.05) is 6.07 Å². The van der Waals surface area contributed by atoms with Gasteiger partial charge in [0.05, 0.1) is 13.7 Å². The predicted octanol–water partition coefficient (Wildman–Crippen LogP) is 3.87. The van der Waals surface area contributed by atoms with E-state index in [-0.39, 0.29) is 36.4 Å². The van der Waals surface area contributed by atoms with E-state index in [0.29, 0.717) is 36.3 Å². The van der Waals surface area contributed by atoms with E-state index in [9.17, 15) is 9.18 Å². The van der Waals surface area contributed by atoms with Crippen molar-refractivity contribution in [2.45, 2.75) is 13.8 Å². The summed E-state index contributed by atoms with van der Waals surface area (Å²) in [5.74, 6) is 0.898. The number of methoxy groups -OCH3 is 1. The van der Waals surface area contributed by atoms with Gasteiger partial charge in [-0.2, -0.15) is 0 Å². The van der Waals surface area contributed by atoms with Crippen LogP contribution in [0.2, 0.25) is 0 Å². The quantitative estimate of drug-likeness (QED) is 0.282. The normalized spacial score (nSPS) is 10.6. The molecule has 0 aliphatic heterocycles. The van der Waals surface area contributed by atoms with Crippen LogP contribution in [0.5, 0.6) is 11.5 Å². The average Bonchev–Trinajstić information content (AvgIpc) is 2.67. The van der Waals surface area contributed by atoms with Gasteiger partial charge < -0.3 is 25.4 Å². The van der Waals surface area contributed by atoms with E-state index in [1.54, 1.807) is 25.3 Å². The van der Waals surface area contributed by atoms with Crippen LogP contribution in [0.15, 0.2) is 47.5 Å². The fraction of sp³-hybridized carbons (Fsp3) is 0.300. The van der Waals surface area contributed by atoms with E-state index in [4.69, 9.17) is 9.47 Å². The molecule has 2 aromatic carbocycles. The maximum atomic E-state index is 13.2. The first kappa shape index (κ1) is 24.5. The van der Waals surface area contributed by atoms with Gasteiger partial charge in [-0.25, -0.2) is 9.38 Å². The first-order valence-electron chi connectivity index (χ1n) is 8.97. The zero-order valence-electron chi connectivity index (χ0n) is 16.6. The summed E-state index contributed by atoms with van der Waals surface area (Å²) in [6, 6.07) is 11.1. The highest BCUT2D eigenvalue weighted by molar-refractivity contribution is 14.0. The third-order valence-corrected chi connectivity index (χ3v) is 3.56. The lowest BCUT2D eigenvalue weighted by atomic mass is 10.2. The minimum absolute atomic E-state index is 0. The number of rotatable bonds is 8. The van der Waals surface area contributed by atoms with Crippen molar-refractivity contribution < 1.29 is 18.7 Å². The van der Waals surface area contributed by atoms with Crippen LogP contribution < -0.4 is 25.4 Å². The highest BCUT2D eigenvalue weighted by atomic mass is 127. The molecule has 0 unspecified atom stereocenters. The topological polar surface area (TPSA) is 84.0 Å². The molecule has 0 aromatic heterocycles. The van der Waals surface area contributed by atoms with Crippen LogP contribution in [0.25, 0.3) is 0 Å². The molecule has 2 rings (SSSR count). The van der Waals surface area contributed by atoms with Crippen LogP contribution in [0.1, 0.15) is 13.8 Å². The van der Waals surface area contributed by atoms with Crippen molar-refractivity contribution in [3.8, 4) is 11.5 Å². The van der Waals surface area contributed by atoms with Crippen LogP contribution in [-0.4, -0.2) is 38.7 Å². The minimum atomic E-state index is -0.416. The van der Waals surface area contributed by atoms with Gasteiger partial charge in [0.25, 0.3) is 0 Å². The van der Waals surface area contributed by atoms with E-state index < -0.39 is 5.82 Å². The predicted molar refractivity (Wildman–Crippen MR) is 124 cm³/mol. The lowest BCUT2D eigenvalue weighted by Gasteiger charge is -2.14. The lowest BCUT2D eigenvalue weighted by Crippen LogP contribution is -2.31. The summed E-state index contributed by atoms with van der Waals surface area (Å²) in [6.45, 7) is 4.85. The second kappa shape index (κ2) is 12.8. The van der Waals surface area contributed by atoms with Crippen molar-refractivity contribution in [2.75, 3.05) is 37.4 Å². The van der Waals surface area contributed by atoms with E-state index in [0.717, 1.165) is 5.69 Å². The Morgan fingerprint density at radius 2 is 1.83 bits per heavy atom. The van der Waals surface area contributed by atoms with Crippen molar-refractivity contribution in [3.63, 3.8) is 0 Å². The fourth-order valence-corrected chi connectivity index (χ4v) is 2.38. The van der Waals surface area contributed by atoms with E-state index in [1.807, 2.05) is 19.9 Å². The van der Waals surface area contributed by atoms with Crippen LogP contribution >= 0.6 is 24.0 Å². The molecule has 7 nitrogen and oxygen atoms in total. The Morgan fingerprint density at radius 3 is 2.48 bits per heavy atom. The summed E-state index contributed by atoms with van der Waals surface area (Å²) >= 11 is 0. The minimum Gasteiger partial charge on any atom is -0.493 e. The SMILES string of the molecule is CCNC(=NCC(=O)Nc1cccc(F)c1)Nc1ccc(OCC)c(OC)c1.I. The molecule has 3 N–H and O–H groups in total. The van der Waals surface area contributed by atoms with Crippen LogP contribution in [-0.2, 0) is 4.79 Å². The molecule has 0 saturated carbocycles. The number of anilines is 2. The monoisotopic (exact) mass is 516 g/mol. The van der Waals surface area contributed by atoms with Crippen LogP contribution in [0.3, 0.4) is 0 Å². The standard InChI is InChI=1S/C20H25FN4O3.HI/c1-4-22-20(23-13-19(26)24-15-8-6-7-14(21)11-15)25-16-9-10-17(28-5-2)18(12-16)27-3;/h6-12H,4-5,13H2,1-3H3,(H,24,26)(H2,22,23,25);1H. The number of nitrogens with zero attached hydrogens (tertiary/aromatic N) is 1. The Labute approximate surface area is 187 Å². The van der Waals surface area contributed by atoms with Gasteiger partial charge in [0.15, 0.2) is 17.5 Å². The van der Waals surface area contributed by atoms with Gasteiger partial charge in [0, 0.05) is 24.0 Å². The molecule has 0 saturated heterocycles. The Kier molecular flexibility index (Phi) is 10.8. The molecule has 0 radical (unpaired) electrons. The van der Waals surface area contributed by atoms with Gasteiger partial charge in [-0.15, -0.1) is 24.0 Å². The molecule has 1 amide bonds. The van der Waals surface area contributed by atoms with Crippen molar-refractivity contribution in [3.05, 3.63) is 48.3 Å². The summed E-state index contributed by atoms with van der Waals surface area (Å²) < 4.78 is 24.0. The molecule has 29 heavy (non-hydrogen) atoms. The van der Waals surface area contributed by atoms with Crippen molar-refractivity contribution in [2.24, 2.45) is 4.99 Å². The number of halogens is 2. The van der Waals surface area contributed by atoms with Crippen molar-refractivity contribution >= 4 is 47.2 Å². The zero-order valence-corrected chi connectivity index (χ0v) is 19.0. The Hall–Kier alpha value is -2.56. The molecule has 0 heterocycles. The number of benzene rings is 2. The molecular weight excluding hydrogens is 490 g/mol. The van der Waals surface area contributed by atoms with Gasteiger partial charge >= 0.3 is 0 Å². The molecule has 158 valence electrons. The molecule has 0 aliphatic carbocycles. The van der Waals surface area contributed by atoms with Crippen molar-refractivity contribution in [1.82, 2.24) is 5.32 Å². The largest absolute Gasteiger partial charge is 0.493 e. The Bertz CT molecular complexity index is 833. The smallest absolute Gasteiger partial charge is 0.246 e. The molecule has 0 spiro atoms. The van der Waals surface area contributed by atoms with Gasteiger partial charge in [0.1, 0.15) is 12.4 Å². The zero-order chi connectivity index (χ0) is 20.4. The van der Waals surface area contributed by atoms with E-state index in [1.165, 1.54) is 18.2 Å². The van der Waals surface area contributed by atoms with Crippen molar-refractivity contribution in [1.29, 1.82) is 0 Å². The maximum absolute atomic E-state index is 13.2. The molecule has 9 heteroatoms. The Morgan fingerprint density at radius 1 is 1.07 bits per heavy atom. The number of ether oxygens (including phenoxy) is 2. The highest BCUT2D eigenvalue weighted by Crippen LogP contribution is 2.30. The number of guanidine groups is 1. The number of hydrogen-bond donors (Lipinski definition) is 3. The van der Waals surface area contributed by atoms with Gasteiger partial charge in [-0.05, 0) is 44.2 Å². The average molecular weight is 516 g/mol. The van der Waals surface area contributed by atoms with E-state index in [2.05, 4.69) is 20.9 Å². The fourth-order valence-electron chi connectivity index (χ4n) is 2.38. The third-order valence-electron chi connectivity index (χ3n) is 3.56. The number of amides is 1. The van der Waals surface area contributed by atoms with E-state index >= 15 is 0 Å². The Balaban J connectivity index is 0.00000420.